The lowest BCUT2D eigenvalue weighted by Gasteiger charge is -2.51. The van der Waals surface area contributed by atoms with E-state index in [1.165, 1.54) is 50.9 Å². The summed E-state index contributed by atoms with van der Waals surface area (Å²) in [7, 11) is 1.79. The molecule has 1 aromatic rings. The normalized spacial score (nSPS) is 30.4. The Hall–Kier alpha value is -1.42. The van der Waals surface area contributed by atoms with E-state index in [4.69, 9.17) is 17.0 Å². The van der Waals surface area contributed by atoms with Gasteiger partial charge in [-0.3, -0.25) is 9.80 Å². The monoisotopic (exact) mass is 470 g/mol. The number of thiocarbonyl (C=S) groups is 1. The molecule has 0 amide bonds. The van der Waals surface area contributed by atoms with E-state index < -0.39 is 11.7 Å². The van der Waals surface area contributed by atoms with Crippen LogP contribution in [0.3, 0.4) is 0 Å². The Morgan fingerprint density at radius 1 is 1.16 bits per heavy atom. The number of piperidine rings is 3. The minimum atomic E-state index is -4.33. The predicted octanol–water partition coefficient (Wildman–Crippen LogP) is 3.81. The van der Waals surface area contributed by atoms with Crippen LogP contribution in [-0.4, -0.2) is 73.4 Å². The molecular formula is C23H33F3N4OS. The second-order valence-corrected chi connectivity index (χ2v) is 9.76. The third kappa shape index (κ3) is 5.73. The van der Waals surface area contributed by atoms with Crippen LogP contribution in [-0.2, 0) is 10.9 Å². The Balaban J connectivity index is 1.23. The maximum atomic E-state index is 12.7. The maximum absolute atomic E-state index is 12.7. The van der Waals surface area contributed by atoms with Gasteiger partial charge in [0.1, 0.15) is 0 Å². The van der Waals surface area contributed by atoms with Crippen molar-refractivity contribution >= 4 is 23.0 Å². The van der Waals surface area contributed by atoms with E-state index in [1.807, 2.05) is 0 Å². The van der Waals surface area contributed by atoms with Gasteiger partial charge < -0.3 is 15.4 Å². The van der Waals surface area contributed by atoms with Crippen LogP contribution < -0.4 is 10.6 Å². The number of anilines is 1. The summed E-state index contributed by atoms with van der Waals surface area (Å²) in [5.74, 6) is 1.46. The number of hydrogen-bond acceptors (Lipinski definition) is 4. The van der Waals surface area contributed by atoms with Crippen molar-refractivity contribution in [1.82, 2.24) is 15.1 Å². The van der Waals surface area contributed by atoms with Gasteiger partial charge >= 0.3 is 6.18 Å². The van der Waals surface area contributed by atoms with Gasteiger partial charge in [0.25, 0.3) is 0 Å². The lowest BCUT2D eigenvalue weighted by molar-refractivity contribution is -0.137. The molecule has 178 valence electrons. The number of likely N-dealkylation sites (tertiary alicyclic amines) is 1. The number of methoxy groups -OCH3 is 1. The van der Waals surface area contributed by atoms with E-state index in [-0.39, 0.29) is 0 Å². The molecule has 4 saturated heterocycles. The predicted molar refractivity (Wildman–Crippen MR) is 124 cm³/mol. The minimum Gasteiger partial charge on any atom is -0.383 e. The molecule has 0 aromatic heterocycles. The van der Waals surface area contributed by atoms with Gasteiger partial charge in [-0.15, -0.1) is 0 Å². The molecule has 0 saturated carbocycles. The third-order valence-corrected chi connectivity index (χ3v) is 7.56. The summed E-state index contributed by atoms with van der Waals surface area (Å²) in [4.78, 5) is 5.21. The summed E-state index contributed by atoms with van der Waals surface area (Å²) in [6.45, 7) is 6.21. The van der Waals surface area contributed by atoms with Gasteiger partial charge in [-0.1, -0.05) is 0 Å². The highest BCUT2D eigenvalue weighted by atomic mass is 32.1. The highest BCUT2D eigenvalue weighted by molar-refractivity contribution is 7.80. The lowest BCUT2D eigenvalue weighted by Crippen LogP contribution is -2.59. The van der Waals surface area contributed by atoms with Crippen LogP contribution in [0.4, 0.5) is 18.9 Å². The number of benzene rings is 1. The van der Waals surface area contributed by atoms with E-state index in [0.717, 1.165) is 50.2 Å². The molecule has 4 aliphatic heterocycles. The zero-order valence-electron chi connectivity index (χ0n) is 18.5. The van der Waals surface area contributed by atoms with Gasteiger partial charge in [0, 0.05) is 44.5 Å². The van der Waals surface area contributed by atoms with E-state index >= 15 is 0 Å². The minimum absolute atomic E-state index is 0.448. The first-order valence-corrected chi connectivity index (χ1v) is 11.9. The average Bonchev–Trinajstić information content (AvgIpc) is 3.20. The topological polar surface area (TPSA) is 39.8 Å². The standard InChI is InChI=1S/C23H33F3N4OS/c1-31-15-20-3-2-9-29(20)13-17-14-30-10-8-16(17)11-21(30)12-27-22(32)28-19-6-4-18(5-7-19)23(24,25)26/h4-7,16-17,20-21H,2-3,8-15H2,1H3,(H2,27,28,32)/t16-,17-,20+,21+/m0/s1. The summed E-state index contributed by atoms with van der Waals surface area (Å²) in [5.41, 5.74) is -0.109. The van der Waals surface area contributed by atoms with Crippen LogP contribution in [0.1, 0.15) is 31.2 Å². The molecule has 9 heteroatoms. The van der Waals surface area contributed by atoms with Crippen LogP contribution in [0.25, 0.3) is 0 Å². The molecule has 0 radical (unpaired) electrons. The fourth-order valence-corrected chi connectivity index (χ4v) is 5.82. The SMILES string of the molecule is COC[C@H]1CCCN1C[C@H]1CN2CC[C@H]1C[C@@H]2CNC(=S)Nc1ccc(C(F)(F)F)cc1. The molecule has 32 heavy (non-hydrogen) atoms. The quantitative estimate of drug-likeness (QED) is 0.591. The average molecular weight is 471 g/mol. The molecule has 1 aromatic carbocycles. The zero-order valence-corrected chi connectivity index (χ0v) is 19.4. The van der Waals surface area contributed by atoms with Crippen molar-refractivity contribution in [3.05, 3.63) is 29.8 Å². The van der Waals surface area contributed by atoms with Crippen molar-refractivity contribution in [2.24, 2.45) is 11.8 Å². The summed E-state index contributed by atoms with van der Waals surface area (Å²) in [6.07, 6.45) is 0.612. The Labute approximate surface area is 193 Å². The summed E-state index contributed by atoms with van der Waals surface area (Å²) < 4.78 is 43.5. The Kier molecular flexibility index (Phi) is 7.59. The summed E-state index contributed by atoms with van der Waals surface area (Å²) in [5, 5.41) is 6.71. The molecular weight excluding hydrogens is 437 g/mol. The van der Waals surface area contributed by atoms with E-state index in [1.54, 1.807) is 7.11 Å². The second kappa shape index (κ2) is 10.2. The first kappa shape index (κ1) is 23.7. The van der Waals surface area contributed by atoms with Crippen LogP contribution in [0.15, 0.2) is 24.3 Å². The number of ether oxygens (including phenoxy) is 1. The highest BCUT2D eigenvalue weighted by Crippen LogP contribution is 2.37. The van der Waals surface area contributed by atoms with Crippen LogP contribution >= 0.6 is 12.2 Å². The van der Waals surface area contributed by atoms with Gasteiger partial charge in [0.05, 0.1) is 12.2 Å². The lowest BCUT2D eigenvalue weighted by atomic mass is 9.75. The van der Waals surface area contributed by atoms with Gasteiger partial charge in [0.2, 0.25) is 0 Å². The van der Waals surface area contributed by atoms with Crippen molar-refractivity contribution in [3.63, 3.8) is 0 Å². The number of nitrogens with one attached hydrogen (secondary N) is 2. The van der Waals surface area contributed by atoms with Gasteiger partial charge in [-0.25, -0.2) is 0 Å². The van der Waals surface area contributed by atoms with Crippen molar-refractivity contribution in [1.29, 1.82) is 0 Å². The highest BCUT2D eigenvalue weighted by Gasteiger charge is 2.41. The molecule has 0 spiro atoms. The fraction of sp³-hybridized carbons (Fsp3) is 0.696. The first-order valence-electron chi connectivity index (χ1n) is 11.5. The molecule has 5 atom stereocenters. The molecule has 2 bridgehead atoms. The zero-order chi connectivity index (χ0) is 22.7. The van der Waals surface area contributed by atoms with Crippen LogP contribution in [0.5, 0.6) is 0 Å². The largest absolute Gasteiger partial charge is 0.416 e. The Morgan fingerprint density at radius 2 is 1.94 bits per heavy atom. The van der Waals surface area contributed by atoms with E-state index in [2.05, 4.69) is 20.4 Å². The van der Waals surface area contributed by atoms with Gasteiger partial charge in [-0.2, -0.15) is 13.2 Å². The molecule has 4 heterocycles. The van der Waals surface area contributed by atoms with Gasteiger partial charge in [-0.05, 0) is 87.1 Å². The Bertz CT molecular complexity index is 776. The summed E-state index contributed by atoms with van der Waals surface area (Å²) >= 11 is 5.37. The first-order chi connectivity index (χ1) is 15.3. The van der Waals surface area contributed by atoms with Crippen LogP contribution in [0.2, 0.25) is 0 Å². The smallest absolute Gasteiger partial charge is 0.383 e. The maximum Gasteiger partial charge on any atom is 0.416 e. The van der Waals surface area contributed by atoms with Gasteiger partial charge in [0.15, 0.2) is 5.11 Å². The van der Waals surface area contributed by atoms with Crippen molar-refractivity contribution < 1.29 is 17.9 Å². The molecule has 2 N–H and O–H groups in total. The fourth-order valence-electron chi connectivity index (χ4n) is 5.61. The van der Waals surface area contributed by atoms with Crippen molar-refractivity contribution in [2.45, 2.75) is 43.9 Å². The molecule has 0 aliphatic carbocycles. The molecule has 4 fully saturated rings. The van der Waals surface area contributed by atoms with E-state index in [9.17, 15) is 13.2 Å². The molecule has 5 rings (SSSR count). The van der Waals surface area contributed by atoms with Crippen molar-refractivity contribution in [2.75, 3.05) is 51.8 Å². The number of rotatable bonds is 7. The third-order valence-electron chi connectivity index (χ3n) is 7.31. The number of hydrogen-bond donors (Lipinski definition) is 2. The Morgan fingerprint density at radius 3 is 2.59 bits per heavy atom. The number of alkyl halides is 3. The van der Waals surface area contributed by atoms with E-state index in [0.29, 0.717) is 22.9 Å². The molecule has 5 nitrogen and oxygen atoms in total. The number of fused-ring (bicyclic) bond motifs is 3. The molecule has 4 aliphatic rings. The van der Waals surface area contributed by atoms with Crippen molar-refractivity contribution in [3.8, 4) is 0 Å². The second-order valence-electron chi connectivity index (χ2n) is 9.35. The van der Waals surface area contributed by atoms with Crippen LogP contribution in [0, 0.1) is 11.8 Å². The molecule has 1 unspecified atom stereocenters. The summed E-state index contributed by atoms with van der Waals surface area (Å²) in [6, 6.07) is 5.96. The number of nitrogens with zero attached hydrogens (tertiary/aromatic N) is 2. The number of halogens is 3.